The van der Waals surface area contributed by atoms with Crippen LogP contribution in [0.25, 0.3) is 10.9 Å². The van der Waals surface area contributed by atoms with E-state index in [0.717, 1.165) is 6.92 Å². The summed E-state index contributed by atoms with van der Waals surface area (Å²) in [5, 5.41) is 3.57. The van der Waals surface area contributed by atoms with E-state index < -0.39 is 15.9 Å². The van der Waals surface area contributed by atoms with Crippen LogP contribution < -0.4 is 15.6 Å². The van der Waals surface area contributed by atoms with Gasteiger partial charge < -0.3 is 10.3 Å². The second-order valence-electron chi connectivity index (χ2n) is 5.57. The third-order valence-corrected chi connectivity index (χ3v) is 5.01. The molecule has 0 saturated heterocycles. The lowest BCUT2D eigenvalue weighted by atomic mass is 10.2. The summed E-state index contributed by atoms with van der Waals surface area (Å²) >= 11 is 0. The van der Waals surface area contributed by atoms with Crippen molar-refractivity contribution in [3.63, 3.8) is 0 Å². The van der Waals surface area contributed by atoms with Crippen LogP contribution >= 0.6 is 0 Å². The molecule has 0 saturated carbocycles. The molecular weight excluding hydrogens is 356 g/mol. The highest BCUT2D eigenvalue weighted by Gasteiger charge is 2.14. The zero-order valence-electron chi connectivity index (χ0n) is 13.8. The number of para-hydroxylation sites is 1. The Hall–Kier alpha value is -3.20. The zero-order chi connectivity index (χ0) is 18.7. The van der Waals surface area contributed by atoms with Crippen LogP contribution in [0.5, 0.6) is 0 Å². The molecule has 0 bridgehead atoms. The van der Waals surface area contributed by atoms with Gasteiger partial charge in [0.25, 0.3) is 15.6 Å². The minimum Gasteiger partial charge on any atom is -0.378 e. The normalized spacial score (nSPS) is 11.3. The van der Waals surface area contributed by atoms with Crippen LogP contribution in [0, 0.1) is 0 Å². The van der Waals surface area contributed by atoms with E-state index in [2.05, 4.69) is 15.3 Å². The third kappa shape index (κ3) is 3.89. The van der Waals surface area contributed by atoms with Crippen molar-refractivity contribution in [2.75, 3.05) is 5.32 Å². The molecule has 9 heteroatoms. The van der Waals surface area contributed by atoms with Gasteiger partial charge in [0.2, 0.25) is 5.91 Å². The first kappa shape index (κ1) is 17.6. The van der Waals surface area contributed by atoms with Crippen LogP contribution in [0.1, 0.15) is 12.7 Å². The quantitative estimate of drug-likeness (QED) is 0.622. The number of aromatic amines is 1. The average molecular weight is 372 g/mol. The third-order valence-electron chi connectivity index (χ3n) is 3.56. The largest absolute Gasteiger partial charge is 0.378 e. The molecule has 0 fully saturated rings. The Morgan fingerprint density at radius 2 is 1.81 bits per heavy atom. The van der Waals surface area contributed by atoms with Gasteiger partial charge in [0.05, 0.1) is 22.3 Å². The molecule has 0 atom stereocenters. The first-order chi connectivity index (χ1) is 12.3. The van der Waals surface area contributed by atoms with Gasteiger partial charge in [0.1, 0.15) is 5.82 Å². The summed E-state index contributed by atoms with van der Waals surface area (Å²) in [7, 11) is -3.86. The fraction of sp³-hybridized carbons (Fsp3) is 0.118. The number of fused-ring (bicyclic) bond motifs is 1. The molecule has 0 radical (unpaired) electrons. The van der Waals surface area contributed by atoms with Crippen molar-refractivity contribution in [1.29, 1.82) is 0 Å². The summed E-state index contributed by atoms with van der Waals surface area (Å²) in [6, 6.07) is 12.9. The van der Waals surface area contributed by atoms with E-state index in [0.29, 0.717) is 22.4 Å². The average Bonchev–Trinajstić information content (AvgIpc) is 2.59. The first-order valence-corrected chi connectivity index (χ1v) is 9.19. The number of H-pyrrole nitrogens is 1. The number of hydrogen-bond acceptors (Lipinski definition) is 6. The van der Waals surface area contributed by atoms with E-state index >= 15 is 0 Å². The van der Waals surface area contributed by atoms with Crippen LogP contribution in [0.15, 0.2) is 58.2 Å². The molecule has 0 aliphatic heterocycles. The molecule has 1 amide bonds. The lowest BCUT2D eigenvalue weighted by Crippen LogP contribution is -2.28. The van der Waals surface area contributed by atoms with Crippen LogP contribution in [0.2, 0.25) is 0 Å². The second-order valence-corrected chi connectivity index (χ2v) is 7.25. The monoisotopic (exact) mass is 372 g/mol. The van der Waals surface area contributed by atoms with Gasteiger partial charge in [-0.2, -0.15) is 0 Å². The Kier molecular flexibility index (Phi) is 4.72. The van der Waals surface area contributed by atoms with E-state index in [1.165, 1.54) is 12.1 Å². The van der Waals surface area contributed by atoms with Gasteiger partial charge in [-0.25, -0.2) is 18.1 Å². The predicted octanol–water partition coefficient (Wildman–Crippen LogP) is 1.36. The van der Waals surface area contributed by atoms with Crippen molar-refractivity contribution < 1.29 is 13.2 Å². The zero-order valence-corrected chi connectivity index (χ0v) is 14.6. The number of anilines is 1. The molecule has 1 aromatic heterocycles. The van der Waals surface area contributed by atoms with Crippen LogP contribution in [-0.4, -0.2) is 24.3 Å². The summed E-state index contributed by atoms with van der Waals surface area (Å²) in [6.07, 6.45) is 0. The number of nitrogens with zero attached hydrogens (tertiary/aromatic N) is 1. The second kappa shape index (κ2) is 6.96. The van der Waals surface area contributed by atoms with Gasteiger partial charge in [-0.1, -0.05) is 12.1 Å². The Morgan fingerprint density at radius 1 is 1.12 bits per heavy atom. The van der Waals surface area contributed by atoms with E-state index in [1.54, 1.807) is 36.4 Å². The van der Waals surface area contributed by atoms with Gasteiger partial charge in [-0.15, -0.1) is 0 Å². The standard InChI is InChI=1S/C17H16N4O4S/c1-11(22)21-26(24,25)13-8-6-12(7-9-13)18-10-16-19-15-5-3-2-4-14(15)17(23)20-16/h2-9,18H,10H2,1H3,(H,21,22)(H,19,20,23). The molecule has 0 aliphatic rings. The minimum absolute atomic E-state index is 0.0181. The molecule has 26 heavy (non-hydrogen) atoms. The smallest absolute Gasteiger partial charge is 0.264 e. The highest BCUT2D eigenvalue weighted by atomic mass is 32.2. The van der Waals surface area contributed by atoms with E-state index in [-0.39, 0.29) is 17.0 Å². The number of nitrogens with one attached hydrogen (secondary N) is 3. The Morgan fingerprint density at radius 3 is 2.50 bits per heavy atom. The molecule has 0 aliphatic carbocycles. The van der Waals surface area contributed by atoms with E-state index in [4.69, 9.17) is 0 Å². The number of aromatic nitrogens is 2. The lowest BCUT2D eigenvalue weighted by molar-refractivity contribution is -0.117. The highest BCUT2D eigenvalue weighted by molar-refractivity contribution is 7.90. The predicted molar refractivity (Wildman–Crippen MR) is 97.1 cm³/mol. The maximum absolute atomic E-state index is 12.0. The van der Waals surface area contributed by atoms with Crippen molar-refractivity contribution in [2.24, 2.45) is 0 Å². The SMILES string of the molecule is CC(=O)NS(=O)(=O)c1ccc(NCc2nc3ccccc3c(=O)[nH]2)cc1. The summed E-state index contributed by atoms with van der Waals surface area (Å²) in [6.45, 7) is 1.39. The highest BCUT2D eigenvalue weighted by Crippen LogP contribution is 2.14. The van der Waals surface area contributed by atoms with Crippen LogP contribution in [0.4, 0.5) is 5.69 Å². The number of hydrogen-bond donors (Lipinski definition) is 3. The number of rotatable bonds is 5. The summed E-state index contributed by atoms with van der Waals surface area (Å²) < 4.78 is 25.7. The molecule has 2 aromatic carbocycles. The number of amides is 1. The maximum atomic E-state index is 12.0. The fourth-order valence-corrected chi connectivity index (χ4v) is 3.40. The van der Waals surface area contributed by atoms with Gasteiger partial charge >= 0.3 is 0 Å². The maximum Gasteiger partial charge on any atom is 0.264 e. The van der Waals surface area contributed by atoms with Crippen molar-refractivity contribution in [2.45, 2.75) is 18.4 Å². The topological polar surface area (TPSA) is 121 Å². The molecule has 134 valence electrons. The van der Waals surface area contributed by atoms with Crippen LogP contribution in [-0.2, 0) is 21.4 Å². The molecule has 3 aromatic rings. The van der Waals surface area contributed by atoms with Gasteiger partial charge in [0, 0.05) is 12.6 Å². The Labute approximate surface area is 149 Å². The summed E-state index contributed by atoms with van der Waals surface area (Å²) in [4.78, 5) is 30.0. The Bertz CT molecular complexity index is 1120. The van der Waals surface area contributed by atoms with Gasteiger partial charge in [-0.3, -0.25) is 9.59 Å². The number of carbonyl (C=O) groups excluding carboxylic acids is 1. The van der Waals surface area contributed by atoms with E-state index in [1.807, 2.05) is 4.72 Å². The van der Waals surface area contributed by atoms with E-state index in [9.17, 15) is 18.0 Å². The summed E-state index contributed by atoms with van der Waals surface area (Å²) in [5.41, 5.74) is 1.02. The molecule has 0 spiro atoms. The van der Waals surface area contributed by atoms with Crippen molar-refractivity contribution in [3.05, 3.63) is 64.7 Å². The van der Waals surface area contributed by atoms with Gasteiger partial charge in [0.15, 0.2) is 0 Å². The first-order valence-electron chi connectivity index (χ1n) is 7.70. The molecule has 8 nitrogen and oxygen atoms in total. The molecule has 1 heterocycles. The molecule has 3 N–H and O–H groups in total. The van der Waals surface area contributed by atoms with Crippen molar-refractivity contribution in [1.82, 2.24) is 14.7 Å². The Balaban J connectivity index is 1.74. The van der Waals surface area contributed by atoms with Crippen molar-refractivity contribution >= 4 is 32.5 Å². The molecule has 0 unspecified atom stereocenters. The lowest BCUT2D eigenvalue weighted by Gasteiger charge is -2.08. The number of carbonyl (C=O) groups is 1. The molecular formula is C17H16N4O4S. The van der Waals surface area contributed by atoms with Crippen LogP contribution in [0.3, 0.4) is 0 Å². The number of sulfonamides is 1. The van der Waals surface area contributed by atoms with Crippen molar-refractivity contribution in [3.8, 4) is 0 Å². The molecule has 3 rings (SSSR count). The minimum atomic E-state index is -3.86. The fourth-order valence-electron chi connectivity index (χ4n) is 2.40. The number of benzene rings is 2. The summed E-state index contributed by atoms with van der Waals surface area (Å²) in [5.74, 6) is -0.192. The van der Waals surface area contributed by atoms with Gasteiger partial charge in [-0.05, 0) is 36.4 Å².